The highest BCUT2D eigenvalue weighted by Gasteiger charge is 2.16. The third-order valence-corrected chi connectivity index (χ3v) is 5.97. The summed E-state index contributed by atoms with van der Waals surface area (Å²) >= 11 is 1.39. The summed E-state index contributed by atoms with van der Waals surface area (Å²) in [6.07, 6.45) is 1.76. The molecule has 27 heavy (non-hydrogen) atoms. The number of benzene rings is 1. The van der Waals surface area contributed by atoms with Gasteiger partial charge in [0.1, 0.15) is 11.6 Å². The van der Waals surface area contributed by atoms with Crippen molar-refractivity contribution in [3.8, 4) is 0 Å². The zero-order chi connectivity index (χ0) is 18.8. The second-order valence-corrected chi connectivity index (χ2v) is 7.55. The Morgan fingerprint density at radius 2 is 2.11 bits per heavy atom. The molecular formula is C20H20FN3O2S. The summed E-state index contributed by atoms with van der Waals surface area (Å²) in [7, 11) is 0. The zero-order valence-corrected chi connectivity index (χ0v) is 15.8. The number of hydrogen-bond donors (Lipinski definition) is 1. The lowest BCUT2D eigenvalue weighted by molar-refractivity contribution is 0.0954. The van der Waals surface area contributed by atoms with Gasteiger partial charge in [0.15, 0.2) is 0 Å². The average molecular weight is 385 g/mol. The number of ether oxygens (including phenoxy) is 1. The molecule has 7 heteroatoms. The van der Waals surface area contributed by atoms with Crippen LogP contribution in [-0.2, 0) is 11.3 Å². The van der Waals surface area contributed by atoms with E-state index in [-0.39, 0.29) is 11.7 Å². The Kier molecular flexibility index (Phi) is 5.05. The molecule has 1 aliphatic rings. The van der Waals surface area contributed by atoms with Crippen LogP contribution < -0.4 is 10.2 Å². The number of aryl methyl sites for hydroxylation is 1. The van der Waals surface area contributed by atoms with E-state index in [1.165, 1.54) is 23.5 Å². The van der Waals surface area contributed by atoms with E-state index in [9.17, 15) is 9.18 Å². The molecule has 0 atom stereocenters. The van der Waals surface area contributed by atoms with Crippen LogP contribution >= 0.6 is 11.3 Å². The molecule has 4 rings (SSSR count). The van der Waals surface area contributed by atoms with E-state index in [0.717, 1.165) is 40.1 Å². The van der Waals surface area contributed by atoms with Crippen molar-refractivity contribution >= 4 is 33.1 Å². The highest BCUT2D eigenvalue weighted by atomic mass is 32.1. The van der Waals surface area contributed by atoms with Crippen LogP contribution in [0.25, 0.3) is 10.1 Å². The predicted molar refractivity (Wildman–Crippen MR) is 105 cm³/mol. The number of aromatic nitrogens is 1. The van der Waals surface area contributed by atoms with Gasteiger partial charge < -0.3 is 15.0 Å². The van der Waals surface area contributed by atoms with Gasteiger partial charge in [-0.05, 0) is 53.8 Å². The van der Waals surface area contributed by atoms with E-state index < -0.39 is 0 Å². The Morgan fingerprint density at radius 3 is 2.93 bits per heavy atom. The van der Waals surface area contributed by atoms with Crippen molar-refractivity contribution in [1.29, 1.82) is 0 Å². The molecule has 0 bridgehead atoms. The molecule has 1 aliphatic heterocycles. The van der Waals surface area contributed by atoms with Crippen molar-refractivity contribution in [2.45, 2.75) is 13.5 Å². The maximum Gasteiger partial charge on any atom is 0.261 e. The number of thiophene rings is 1. The predicted octanol–water partition coefficient (Wildman–Crippen LogP) is 3.51. The Morgan fingerprint density at radius 1 is 1.30 bits per heavy atom. The van der Waals surface area contributed by atoms with Crippen LogP contribution in [-0.4, -0.2) is 37.2 Å². The maximum absolute atomic E-state index is 13.5. The summed E-state index contributed by atoms with van der Waals surface area (Å²) in [5.74, 6) is 0.472. The summed E-state index contributed by atoms with van der Waals surface area (Å²) < 4.78 is 19.8. The second kappa shape index (κ2) is 7.62. The van der Waals surface area contributed by atoms with Crippen LogP contribution in [0.15, 0.2) is 36.5 Å². The van der Waals surface area contributed by atoms with Crippen LogP contribution in [0, 0.1) is 12.7 Å². The van der Waals surface area contributed by atoms with Crippen molar-refractivity contribution < 1.29 is 13.9 Å². The van der Waals surface area contributed by atoms with Gasteiger partial charge >= 0.3 is 0 Å². The number of morpholine rings is 1. The molecule has 0 radical (unpaired) electrons. The molecule has 0 spiro atoms. The van der Waals surface area contributed by atoms with Gasteiger partial charge in [0.2, 0.25) is 0 Å². The Balaban J connectivity index is 1.47. The van der Waals surface area contributed by atoms with Crippen molar-refractivity contribution in [2.24, 2.45) is 0 Å². The summed E-state index contributed by atoms with van der Waals surface area (Å²) in [5, 5.41) is 3.76. The van der Waals surface area contributed by atoms with Gasteiger partial charge in [0.05, 0.1) is 18.1 Å². The van der Waals surface area contributed by atoms with Gasteiger partial charge in [-0.2, -0.15) is 0 Å². The number of carbonyl (C=O) groups is 1. The molecule has 1 aromatic carbocycles. The Bertz CT molecular complexity index is 983. The SMILES string of the molecule is Cc1c(C(=O)NCc2ccnc(N3CCOCC3)c2)sc2ccc(F)cc12. The number of anilines is 1. The minimum atomic E-state index is -0.289. The largest absolute Gasteiger partial charge is 0.378 e. The fraction of sp³-hybridized carbons (Fsp3) is 0.300. The first-order valence-electron chi connectivity index (χ1n) is 8.86. The Hall–Kier alpha value is -2.51. The van der Waals surface area contributed by atoms with Crippen LogP contribution in [0.4, 0.5) is 10.2 Å². The molecule has 140 valence electrons. The summed E-state index contributed by atoms with van der Waals surface area (Å²) in [4.78, 5) is 19.9. The lowest BCUT2D eigenvalue weighted by Crippen LogP contribution is -2.36. The van der Waals surface area contributed by atoms with Gasteiger partial charge in [-0.1, -0.05) is 0 Å². The minimum absolute atomic E-state index is 0.140. The highest BCUT2D eigenvalue weighted by molar-refractivity contribution is 7.21. The highest BCUT2D eigenvalue weighted by Crippen LogP contribution is 2.31. The molecular weight excluding hydrogens is 365 g/mol. The number of rotatable bonds is 4. The molecule has 1 saturated heterocycles. The summed E-state index contributed by atoms with van der Waals surface area (Å²) in [5.41, 5.74) is 1.81. The summed E-state index contributed by atoms with van der Waals surface area (Å²) in [6.45, 7) is 5.32. The molecule has 5 nitrogen and oxygen atoms in total. The standard InChI is InChI=1S/C20H20FN3O2S/c1-13-16-11-15(21)2-3-17(16)27-19(13)20(25)23-12-14-4-5-22-18(10-14)24-6-8-26-9-7-24/h2-5,10-11H,6-9,12H2,1H3,(H,23,25). The van der Waals surface area contributed by atoms with E-state index >= 15 is 0 Å². The average Bonchev–Trinajstić information content (AvgIpc) is 3.03. The lowest BCUT2D eigenvalue weighted by atomic mass is 10.1. The number of halogens is 1. The number of pyridine rings is 1. The first-order valence-corrected chi connectivity index (χ1v) is 9.68. The number of hydrogen-bond acceptors (Lipinski definition) is 5. The Labute approximate surface area is 160 Å². The molecule has 3 heterocycles. The minimum Gasteiger partial charge on any atom is -0.378 e. The number of fused-ring (bicyclic) bond motifs is 1. The lowest BCUT2D eigenvalue weighted by Gasteiger charge is -2.28. The molecule has 2 aromatic heterocycles. The van der Waals surface area contributed by atoms with Crippen molar-refractivity contribution in [1.82, 2.24) is 10.3 Å². The normalized spacial score (nSPS) is 14.5. The number of nitrogens with zero attached hydrogens (tertiary/aromatic N) is 2. The number of nitrogens with one attached hydrogen (secondary N) is 1. The van der Waals surface area contributed by atoms with Gasteiger partial charge in [-0.3, -0.25) is 4.79 Å². The van der Waals surface area contributed by atoms with Gasteiger partial charge in [-0.25, -0.2) is 9.37 Å². The molecule has 0 aliphatic carbocycles. The van der Waals surface area contributed by atoms with Crippen molar-refractivity contribution in [3.05, 3.63) is 58.3 Å². The molecule has 1 amide bonds. The fourth-order valence-electron chi connectivity index (χ4n) is 3.21. The van der Waals surface area contributed by atoms with E-state index in [4.69, 9.17) is 4.74 Å². The van der Waals surface area contributed by atoms with Crippen LogP contribution in [0.1, 0.15) is 20.8 Å². The monoisotopic (exact) mass is 385 g/mol. The van der Waals surface area contributed by atoms with Crippen LogP contribution in [0.2, 0.25) is 0 Å². The van der Waals surface area contributed by atoms with Crippen LogP contribution in [0.5, 0.6) is 0 Å². The number of carbonyl (C=O) groups excluding carboxylic acids is 1. The van der Waals surface area contributed by atoms with E-state index in [1.54, 1.807) is 12.3 Å². The number of amides is 1. The van der Waals surface area contributed by atoms with E-state index in [0.29, 0.717) is 24.6 Å². The first-order chi connectivity index (χ1) is 13.1. The third kappa shape index (κ3) is 3.79. The van der Waals surface area contributed by atoms with Crippen LogP contribution in [0.3, 0.4) is 0 Å². The smallest absolute Gasteiger partial charge is 0.261 e. The first kappa shape index (κ1) is 17.9. The molecule has 1 fully saturated rings. The third-order valence-electron chi connectivity index (χ3n) is 4.70. The molecule has 1 N–H and O–H groups in total. The maximum atomic E-state index is 13.5. The van der Waals surface area contributed by atoms with Gasteiger partial charge in [0.25, 0.3) is 5.91 Å². The van der Waals surface area contributed by atoms with E-state index in [1.807, 2.05) is 19.1 Å². The quantitative estimate of drug-likeness (QED) is 0.747. The second-order valence-electron chi connectivity index (χ2n) is 6.50. The van der Waals surface area contributed by atoms with Crippen molar-refractivity contribution in [2.75, 3.05) is 31.2 Å². The van der Waals surface area contributed by atoms with E-state index in [2.05, 4.69) is 15.2 Å². The van der Waals surface area contributed by atoms with Gasteiger partial charge in [0, 0.05) is 30.5 Å². The summed E-state index contributed by atoms with van der Waals surface area (Å²) in [6, 6.07) is 8.52. The topological polar surface area (TPSA) is 54.5 Å². The molecule has 0 unspecified atom stereocenters. The van der Waals surface area contributed by atoms with Crippen molar-refractivity contribution in [3.63, 3.8) is 0 Å². The molecule has 0 saturated carbocycles. The zero-order valence-electron chi connectivity index (χ0n) is 15.0. The van der Waals surface area contributed by atoms with Gasteiger partial charge in [-0.15, -0.1) is 11.3 Å². The fourth-order valence-corrected chi connectivity index (χ4v) is 4.31. The molecule has 3 aromatic rings.